The smallest absolute Gasteiger partial charge is 0.276 e. The van der Waals surface area contributed by atoms with Gasteiger partial charge >= 0.3 is 0 Å². The molecule has 1 fully saturated rings. The lowest BCUT2D eigenvalue weighted by molar-refractivity contribution is 0.0963. The van der Waals surface area contributed by atoms with Crippen molar-refractivity contribution in [2.24, 2.45) is 13.0 Å². The largest absolute Gasteiger partial charge is 0.392 e. The fourth-order valence-corrected chi connectivity index (χ4v) is 6.24. The Hall–Kier alpha value is -3.89. The number of hydrogen-bond donors (Lipinski definition) is 4. The topological polar surface area (TPSA) is 116 Å². The molecule has 1 saturated carbocycles. The SMILES string of the molecule is Cn1cc(-c2ccnc(N3CCn4c(cc5c4CCCC5)C3=O)c2CO)cc(NC2C=C(C3CC3)NN2)c1=O. The third kappa shape index (κ3) is 4.15. The van der Waals surface area contributed by atoms with Crippen molar-refractivity contribution in [3.05, 3.63) is 75.2 Å². The third-order valence-corrected chi connectivity index (χ3v) is 8.41. The van der Waals surface area contributed by atoms with E-state index in [1.54, 1.807) is 24.3 Å². The number of hydrogen-bond acceptors (Lipinski definition) is 7. The standard InChI is InChI=1S/C29H33N7O3/c1-34-15-19(12-23(28(34)38)31-26-14-22(32-33-26)17-6-7-17)20-8-9-30-27(21(20)16-37)36-11-10-35-24-5-3-2-4-18(24)13-25(35)29(36)39/h8-9,12-15,17,26,31-33,37H,2-7,10-11,16H2,1H3. The summed E-state index contributed by atoms with van der Waals surface area (Å²) in [7, 11) is 1.72. The Morgan fingerprint density at radius 1 is 1.15 bits per heavy atom. The van der Waals surface area contributed by atoms with Crippen molar-refractivity contribution in [3.63, 3.8) is 0 Å². The van der Waals surface area contributed by atoms with Crippen LogP contribution in [0.1, 0.15) is 53.0 Å². The van der Waals surface area contributed by atoms with Crippen molar-refractivity contribution in [1.29, 1.82) is 0 Å². The van der Waals surface area contributed by atoms with Crippen LogP contribution in [-0.4, -0.2) is 37.8 Å². The van der Waals surface area contributed by atoms with Gasteiger partial charge in [-0.15, -0.1) is 0 Å². The van der Waals surface area contributed by atoms with Crippen LogP contribution >= 0.6 is 0 Å². The maximum absolute atomic E-state index is 13.7. The Labute approximate surface area is 226 Å². The first-order valence-electron chi connectivity index (χ1n) is 13.8. The maximum Gasteiger partial charge on any atom is 0.276 e. The molecule has 0 spiro atoms. The number of nitrogens with zero attached hydrogens (tertiary/aromatic N) is 4. The summed E-state index contributed by atoms with van der Waals surface area (Å²) in [6.07, 6.45) is 12.0. The molecule has 3 aromatic heterocycles. The molecule has 1 atom stereocenters. The summed E-state index contributed by atoms with van der Waals surface area (Å²) in [5.74, 6) is 0.954. The van der Waals surface area contributed by atoms with E-state index in [1.807, 2.05) is 18.2 Å². The first-order valence-corrected chi connectivity index (χ1v) is 13.8. The number of nitrogens with one attached hydrogen (secondary N) is 3. The highest BCUT2D eigenvalue weighted by atomic mass is 16.3. The number of allylic oxidation sites excluding steroid dienone is 1. The van der Waals surface area contributed by atoms with Crippen molar-refractivity contribution < 1.29 is 9.90 Å². The second-order valence-electron chi connectivity index (χ2n) is 11.0. The van der Waals surface area contributed by atoms with E-state index in [2.05, 4.69) is 31.8 Å². The van der Waals surface area contributed by atoms with E-state index >= 15 is 0 Å². The zero-order valence-electron chi connectivity index (χ0n) is 22.0. The van der Waals surface area contributed by atoms with Crippen LogP contribution < -0.4 is 26.6 Å². The number of hydrazine groups is 1. The summed E-state index contributed by atoms with van der Waals surface area (Å²) < 4.78 is 3.71. The molecule has 4 N–H and O–H groups in total. The second kappa shape index (κ2) is 9.39. The molecular weight excluding hydrogens is 494 g/mol. The predicted molar refractivity (Wildman–Crippen MR) is 148 cm³/mol. The normalized spacial score (nSPS) is 20.4. The molecule has 1 unspecified atom stereocenters. The van der Waals surface area contributed by atoms with Crippen LogP contribution in [0.15, 0.2) is 47.2 Å². The van der Waals surface area contributed by atoms with Crippen LogP contribution in [0.5, 0.6) is 0 Å². The van der Waals surface area contributed by atoms with E-state index in [1.165, 1.54) is 34.4 Å². The molecule has 0 aromatic carbocycles. The minimum absolute atomic E-state index is 0.0871. The van der Waals surface area contributed by atoms with Gasteiger partial charge in [-0.1, -0.05) is 0 Å². The number of amides is 1. The lowest BCUT2D eigenvalue weighted by Crippen LogP contribution is -2.41. The van der Waals surface area contributed by atoms with E-state index in [-0.39, 0.29) is 24.2 Å². The van der Waals surface area contributed by atoms with Crippen LogP contribution in [0.2, 0.25) is 0 Å². The fraction of sp³-hybridized carbons (Fsp3) is 0.414. The summed E-state index contributed by atoms with van der Waals surface area (Å²) in [6, 6.07) is 5.68. The van der Waals surface area contributed by atoms with E-state index in [9.17, 15) is 14.7 Å². The van der Waals surface area contributed by atoms with Gasteiger partial charge in [-0.3, -0.25) is 14.5 Å². The number of aliphatic hydroxyl groups excluding tert-OH is 1. The van der Waals surface area contributed by atoms with Crippen LogP contribution in [-0.2, 0) is 33.0 Å². The van der Waals surface area contributed by atoms with Gasteiger partial charge in [0.15, 0.2) is 0 Å². The minimum atomic E-state index is -0.285. The van der Waals surface area contributed by atoms with Crippen LogP contribution in [0.4, 0.5) is 11.5 Å². The van der Waals surface area contributed by atoms with Crippen LogP contribution in [0.25, 0.3) is 11.1 Å². The molecule has 10 nitrogen and oxygen atoms in total. The number of rotatable bonds is 6. The molecule has 0 saturated heterocycles. The quantitative estimate of drug-likeness (QED) is 0.389. The first-order chi connectivity index (χ1) is 19.0. The van der Waals surface area contributed by atoms with Crippen molar-refractivity contribution in [2.45, 2.75) is 57.8 Å². The molecule has 202 valence electrons. The number of carbonyl (C=O) groups is 1. The van der Waals surface area contributed by atoms with Crippen molar-refractivity contribution in [3.8, 4) is 11.1 Å². The molecule has 7 rings (SSSR count). The maximum atomic E-state index is 13.7. The van der Waals surface area contributed by atoms with E-state index < -0.39 is 0 Å². The van der Waals surface area contributed by atoms with E-state index in [0.29, 0.717) is 41.8 Å². The summed E-state index contributed by atoms with van der Waals surface area (Å²) in [5, 5.41) is 13.8. The summed E-state index contributed by atoms with van der Waals surface area (Å²) >= 11 is 0. The molecule has 4 aliphatic rings. The van der Waals surface area contributed by atoms with Crippen molar-refractivity contribution >= 4 is 17.4 Å². The molecular formula is C29H33N7O3. The van der Waals surface area contributed by atoms with Gasteiger partial charge in [-0.2, -0.15) is 0 Å². The molecule has 0 bridgehead atoms. The summed E-state index contributed by atoms with van der Waals surface area (Å²) in [6.45, 7) is 0.916. The molecule has 3 aromatic rings. The Kier molecular flexibility index (Phi) is 5.82. The van der Waals surface area contributed by atoms with Gasteiger partial charge < -0.3 is 25.0 Å². The Balaban J connectivity index is 1.23. The fourth-order valence-electron chi connectivity index (χ4n) is 6.24. The number of fused-ring (bicyclic) bond motifs is 3. The monoisotopic (exact) mass is 527 g/mol. The number of pyridine rings is 2. The number of aliphatic hydroxyl groups is 1. The lowest BCUT2D eigenvalue weighted by Gasteiger charge is -2.30. The van der Waals surface area contributed by atoms with Crippen molar-refractivity contribution in [2.75, 3.05) is 16.8 Å². The third-order valence-electron chi connectivity index (χ3n) is 8.41. The predicted octanol–water partition coefficient (Wildman–Crippen LogP) is 2.42. The highest BCUT2D eigenvalue weighted by Gasteiger charge is 2.33. The van der Waals surface area contributed by atoms with Crippen LogP contribution in [0.3, 0.4) is 0 Å². The Morgan fingerprint density at radius 2 is 2.00 bits per heavy atom. The van der Waals surface area contributed by atoms with Gasteiger partial charge in [0.2, 0.25) is 0 Å². The molecule has 2 aliphatic carbocycles. The summed E-state index contributed by atoms with van der Waals surface area (Å²) in [5.41, 5.74) is 13.2. The van der Waals surface area contributed by atoms with Gasteiger partial charge in [-0.05, 0) is 79.8 Å². The average molecular weight is 528 g/mol. The first kappa shape index (κ1) is 24.2. The zero-order chi connectivity index (χ0) is 26.7. The zero-order valence-corrected chi connectivity index (χ0v) is 22.0. The van der Waals surface area contributed by atoms with Gasteiger partial charge in [0.1, 0.15) is 23.4 Å². The highest BCUT2D eigenvalue weighted by Crippen LogP contribution is 2.37. The number of aromatic nitrogens is 3. The van der Waals surface area contributed by atoms with E-state index in [0.717, 1.165) is 36.8 Å². The molecule has 10 heteroatoms. The van der Waals surface area contributed by atoms with Crippen LogP contribution in [0, 0.1) is 5.92 Å². The molecule has 39 heavy (non-hydrogen) atoms. The summed E-state index contributed by atoms with van der Waals surface area (Å²) in [4.78, 5) is 32.9. The average Bonchev–Trinajstić information content (AvgIpc) is 3.58. The van der Waals surface area contributed by atoms with Gasteiger partial charge in [0.25, 0.3) is 11.5 Å². The van der Waals surface area contributed by atoms with E-state index in [4.69, 9.17) is 0 Å². The molecule has 1 amide bonds. The number of carbonyl (C=O) groups excluding carboxylic acids is 1. The highest BCUT2D eigenvalue weighted by molar-refractivity contribution is 6.06. The minimum Gasteiger partial charge on any atom is -0.392 e. The molecule has 5 heterocycles. The number of aryl methyl sites for hydroxylation is 2. The van der Waals surface area contributed by atoms with Crippen molar-refractivity contribution in [1.82, 2.24) is 25.0 Å². The molecule has 2 aliphatic heterocycles. The Bertz CT molecular complexity index is 1570. The molecule has 0 radical (unpaired) electrons. The van der Waals surface area contributed by atoms with Gasteiger partial charge in [-0.25, -0.2) is 10.4 Å². The van der Waals surface area contributed by atoms with Gasteiger partial charge in [0, 0.05) is 55.0 Å². The second-order valence-corrected chi connectivity index (χ2v) is 11.0. The number of anilines is 2. The van der Waals surface area contributed by atoms with Gasteiger partial charge in [0.05, 0.1) is 6.61 Å². The Morgan fingerprint density at radius 3 is 2.82 bits per heavy atom. The lowest BCUT2D eigenvalue weighted by atomic mass is 9.98.